The van der Waals surface area contributed by atoms with Gasteiger partial charge in [0, 0.05) is 26.0 Å². The molecule has 0 amide bonds. The molecule has 0 spiro atoms. The molecule has 0 atom stereocenters. The van der Waals surface area contributed by atoms with Crippen LogP contribution in [0.1, 0.15) is 5.56 Å². The summed E-state index contributed by atoms with van der Waals surface area (Å²) in [4.78, 5) is 10.7. The number of hydrogen-bond donors (Lipinski definition) is 0. The molecule has 0 saturated heterocycles. The van der Waals surface area contributed by atoms with Gasteiger partial charge in [-0.1, -0.05) is 18.2 Å². The molecule has 0 fully saturated rings. The largest absolute Gasteiger partial charge is 0.426 e. The summed E-state index contributed by atoms with van der Waals surface area (Å²) in [5, 5.41) is 0. The average molecular weight is 241 g/mol. The summed E-state index contributed by atoms with van der Waals surface area (Å²) in [6.07, 6.45) is 0.427. The molecule has 1 aliphatic rings. The standard InChI is InChI=1S/C8H6O2.Pd/c9-8-5-6-3-1-2-4-7(6)10-8;/h1-4H,5H2;. The number of fused-ring (bicyclic) bond motifs is 1. The summed E-state index contributed by atoms with van der Waals surface area (Å²) in [6, 6.07) is 7.47. The van der Waals surface area contributed by atoms with Crippen molar-refractivity contribution in [2.75, 3.05) is 0 Å². The van der Waals surface area contributed by atoms with Crippen molar-refractivity contribution in [1.82, 2.24) is 0 Å². The smallest absolute Gasteiger partial charge is 0.315 e. The van der Waals surface area contributed by atoms with Crippen LogP contribution in [0.5, 0.6) is 5.75 Å². The third-order valence-electron chi connectivity index (χ3n) is 1.53. The molecular formula is C8H6O2Pd. The average Bonchev–Trinajstić information content (AvgIpc) is 2.27. The van der Waals surface area contributed by atoms with E-state index < -0.39 is 0 Å². The predicted molar refractivity (Wildman–Crippen MR) is 35.8 cm³/mol. The van der Waals surface area contributed by atoms with Crippen molar-refractivity contribution < 1.29 is 30.0 Å². The van der Waals surface area contributed by atoms with E-state index >= 15 is 0 Å². The van der Waals surface area contributed by atoms with Crippen LogP contribution < -0.4 is 4.74 Å². The van der Waals surface area contributed by atoms with Crippen LogP contribution in [0, 0.1) is 0 Å². The van der Waals surface area contributed by atoms with Gasteiger partial charge >= 0.3 is 5.97 Å². The second-order valence-electron chi connectivity index (χ2n) is 2.26. The third-order valence-corrected chi connectivity index (χ3v) is 1.53. The zero-order valence-corrected chi connectivity index (χ0v) is 7.20. The van der Waals surface area contributed by atoms with Gasteiger partial charge in [0.05, 0.1) is 6.42 Å². The third kappa shape index (κ3) is 1.50. The molecule has 0 bridgehead atoms. The monoisotopic (exact) mass is 240 g/mol. The molecule has 0 N–H and O–H groups in total. The van der Waals surface area contributed by atoms with Crippen molar-refractivity contribution in [1.29, 1.82) is 0 Å². The van der Waals surface area contributed by atoms with Crippen LogP contribution in [0.2, 0.25) is 0 Å². The minimum absolute atomic E-state index is 0. The maximum absolute atomic E-state index is 10.7. The van der Waals surface area contributed by atoms with Gasteiger partial charge in [-0.25, -0.2) is 0 Å². The summed E-state index contributed by atoms with van der Waals surface area (Å²) in [5.41, 5.74) is 0.993. The first-order chi connectivity index (χ1) is 4.86. The van der Waals surface area contributed by atoms with Crippen LogP contribution in [-0.2, 0) is 31.6 Å². The number of carbonyl (C=O) groups excluding carboxylic acids is 1. The molecule has 0 unspecified atom stereocenters. The van der Waals surface area contributed by atoms with Crippen LogP contribution in [0.3, 0.4) is 0 Å². The van der Waals surface area contributed by atoms with E-state index in [0.717, 1.165) is 5.56 Å². The SMILES string of the molecule is O=C1Cc2ccccc2O1.[Pd]. The van der Waals surface area contributed by atoms with E-state index in [1.807, 2.05) is 18.2 Å². The molecule has 1 heterocycles. The summed E-state index contributed by atoms with van der Waals surface area (Å²) in [7, 11) is 0. The fourth-order valence-electron chi connectivity index (χ4n) is 1.06. The van der Waals surface area contributed by atoms with E-state index in [4.69, 9.17) is 4.74 Å². The molecule has 2 nitrogen and oxygen atoms in total. The van der Waals surface area contributed by atoms with E-state index in [-0.39, 0.29) is 26.4 Å². The number of hydrogen-bond acceptors (Lipinski definition) is 2. The Labute approximate surface area is 78.2 Å². The van der Waals surface area contributed by atoms with Gasteiger partial charge in [-0.3, -0.25) is 4.79 Å². The minimum Gasteiger partial charge on any atom is -0.426 e. The molecule has 1 aromatic carbocycles. The Balaban J connectivity index is 0.000000605. The predicted octanol–water partition coefficient (Wildman–Crippen LogP) is 1.15. The molecule has 1 aliphatic heterocycles. The number of rotatable bonds is 0. The molecule has 60 valence electrons. The first-order valence-corrected chi connectivity index (χ1v) is 3.15. The molecule has 1 aromatic rings. The fourth-order valence-corrected chi connectivity index (χ4v) is 1.06. The van der Waals surface area contributed by atoms with E-state index in [2.05, 4.69) is 0 Å². The van der Waals surface area contributed by atoms with E-state index in [1.165, 1.54) is 0 Å². The van der Waals surface area contributed by atoms with E-state index in [9.17, 15) is 4.79 Å². The number of esters is 1. The number of ether oxygens (including phenoxy) is 1. The van der Waals surface area contributed by atoms with Crippen molar-refractivity contribution in [2.24, 2.45) is 0 Å². The van der Waals surface area contributed by atoms with Crippen molar-refractivity contribution in [3.63, 3.8) is 0 Å². The van der Waals surface area contributed by atoms with E-state index in [1.54, 1.807) is 6.07 Å². The Bertz CT molecular complexity index is 256. The van der Waals surface area contributed by atoms with Crippen molar-refractivity contribution in [2.45, 2.75) is 6.42 Å². The van der Waals surface area contributed by atoms with Crippen molar-refractivity contribution in [3.05, 3.63) is 29.8 Å². The van der Waals surface area contributed by atoms with Crippen LogP contribution in [0.4, 0.5) is 0 Å². The Hall–Kier alpha value is -0.648. The minimum atomic E-state index is -0.152. The zero-order valence-electron chi connectivity index (χ0n) is 5.65. The molecule has 0 saturated carbocycles. The van der Waals surface area contributed by atoms with Crippen LogP contribution >= 0.6 is 0 Å². The van der Waals surface area contributed by atoms with Gasteiger partial charge in [-0.2, -0.15) is 0 Å². The van der Waals surface area contributed by atoms with Gasteiger partial charge in [0.15, 0.2) is 0 Å². The maximum atomic E-state index is 10.7. The number of benzene rings is 1. The summed E-state index contributed by atoms with van der Waals surface area (Å²) < 4.78 is 4.87. The number of para-hydroxylation sites is 1. The molecular weight excluding hydrogens is 235 g/mol. The maximum Gasteiger partial charge on any atom is 0.315 e. The second-order valence-corrected chi connectivity index (χ2v) is 2.26. The number of carbonyl (C=O) groups is 1. The first-order valence-electron chi connectivity index (χ1n) is 3.15. The summed E-state index contributed by atoms with van der Waals surface area (Å²) >= 11 is 0. The molecule has 3 heteroatoms. The van der Waals surface area contributed by atoms with Crippen molar-refractivity contribution >= 4 is 5.97 Å². The summed E-state index contributed by atoms with van der Waals surface area (Å²) in [6.45, 7) is 0. The summed E-state index contributed by atoms with van der Waals surface area (Å²) in [5.74, 6) is 0.564. The Morgan fingerprint density at radius 3 is 2.73 bits per heavy atom. The quantitative estimate of drug-likeness (QED) is 0.386. The van der Waals surface area contributed by atoms with Crippen molar-refractivity contribution in [3.8, 4) is 5.75 Å². The van der Waals surface area contributed by atoms with Gasteiger partial charge in [0.1, 0.15) is 5.75 Å². The first kappa shape index (κ1) is 8.45. The van der Waals surface area contributed by atoms with Gasteiger partial charge < -0.3 is 4.74 Å². The zero-order chi connectivity index (χ0) is 6.97. The Kier molecular flexibility index (Phi) is 2.43. The Morgan fingerprint density at radius 1 is 1.27 bits per heavy atom. The molecule has 11 heavy (non-hydrogen) atoms. The second kappa shape index (κ2) is 3.17. The normalized spacial score (nSPS) is 13.3. The van der Waals surface area contributed by atoms with Gasteiger partial charge in [0.25, 0.3) is 0 Å². The molecule has 0 aliphatic carbocycles. The topological polar surface area (TPSA) is 26.3 Å². The van der Waals surface area contributed by atoms with Gasteiger partial charge in [-0.15, -0.1) is 0 Å². The molecule has 2 rings (SSSR count). The van der Waals surface area contributed by atoms with Gasteiger partial charge in [-0.05, 0) is 6.07 Å². The van der Waals surface area contributed by atoms with E-state index in [0.29, 0.717) is 12.2 Å². The fraction of sp³-hybridized carbons (Fsp3) is 0.125. The Morgan fingerprint density at radius 2 is 2.00 bits per heavy atom. The van der Waals surface area contributed by atoms with Crippen LogP contribution in [-0.4, -0.2) is 5.97 Å². The van der Waals surface area contributed by atoms with Crippen LogP contribution in [0.25, 0.3) is 0 Å². The molecule has 0 radical (unpaired) electrons. The van der Waals surface area contributed by atoms with Crippen LogP contribution in [0.15, 0.2) is 24.3 Å². The molecule has 0 aromatic heterocycles. The van der Waals surface area contributed by atoms with Gasteiger partial charge in [0.2, 0.25) is 0 Å².